The van der Waals surface area contributed by atoms with Crippen molar-refractivity contribution in [2.24, 2.45) is 0 Å². The molecule has 174 valence electrons. The summed E-state index contributed by atoms with van der Waals surface area (Å²) >= 11 is 6.32. The maximum atomic E-state index is 13.9. The molecule has 0 radical (unpaired) electrons. The number of hydrogen-bond donors (Lipinski definition) is 3. The van der Waals surface area contributed by atoms with Gasteiger partial charge in [0.1, 0.15) is 5.52 Å². The fourth-order valence-electron chi connectivity index (χ4n) is 4.20. The minimum Gasteiger partial charge on any atom is -0.493 e. The van der Waals surface area contributed by atoms with Crippen LogP contribution in [0.4, 0.5) is 15.8 Å². The van der Waals surface area contributed by atoms with E-state index in [0.29, 0.717) is 61.6 Å². The summed E-state index contributed by atoms with van der Waals surface area (Å²) in [6.45, 7) is -0.429. The Labute approximate surface area is 199 Å². The third-order valence-electron chi connectivity index (χ3n) is 5.83. The molecule has 1 aliphatic heterocycles. The number of ether oxygens (including phenoxy) is 2. The van der Waals surface area contributed by atoms with Crippen molar-refractivity contribution in [3.63, 3.8) is 0 Å². The van der Waals surface area contributed by atoms with E-state index in [0.717, 1.165) is 0 Å². The highest BCUT2D eigenvalue weighted by Gasteiger charge is 2.33. The quantitative estimate of drug-likeness (QED) is 0.364. The van der Waals surface area contributed by atoms with E-state index in [9.17, 15) is 9.18 Å². The Morgan fingerprint density at radius 3 is 2.82 bits per heavy atom. The summed E-state index contributed by atoms with van der Waals surface area (Å²) in [5, 5.41) is 6.49. The highest BCUT2D eigenvalue weighted by Crippen LogP contribution is 2.43. The number of aromatic amines is 1. The molecule has 1 atom stereocenters. The van der Waals surface area contributed by atoms with Crippen LogP contribution in [0.5, 0.6) is 11.6 Å². The second-order valence-corrected chi connectivity index (χ2v) is 8.16. The molecule has 10 heteroatoms. The number of amides is 1. The number of pyridine rings is 2. The molecule has 3 aromatic heterocycles. The van der Waals surface area contributed by atoms with Crippen molar-refractivity contribution in [3.8, 4) is 22.9 Å². The maximum absolute atomic E-state index is 13.9. The Morgan fingerprint density at radius 1 is 1.21 bits per heavy atom. The van der Waals surface area contributed by atoms with Gasteiger partial charge in [-0.05, 0) is 24.3 Å². The summed E-state index contributed by atoms with van der Waals surface area (Å²) in [5.41, 5.74) is 4.31. The second kappa shape index (κ2) is 8.83. The van der Waals surface area contributed by atoms with Crippen molar-refractivity contribution in [1.82, 2.24) is 20.3 Å². The van der Waals surface area contributed by atoms with Crippen LogP contribution in [0.1, 0.15) is 22.0 Å². The molecule has 4 heterocycles. The number of nitrogens with zero attached hydrogens (tertiary/aromatic N) is 2. The predicted molar refractivity (Wildman–Crippen MR) is 128 cm³/mol. The van der Waals surface area contributed by atoms with Crippen LogP contribution in [0.15, 0.2) is 42.6 Å². The zero-order chi connectivity index (χ0) is 23.8. The fourth-order valence-corrected chi connectivity index (χ4v) is 4.45. The molecule has 4 aromatic rings. The molecule has 0 fully saturated rings. The molecule has 0 saturated heterocycles. The van der Waals surface area contributed by atoms with Gasteiger partial charge in [0.25, 0.3) is 5.91 Å². The number of H-pyrrole nitrogens is 1. The lowest BCUT2D eigenvalue weighted by atomic mass is 9.97. The van der Waals surface area contributed by atoms with Gasteiger partial charge in [0, 0.05) is 36.0 Å². The van der Waals surface area contributed by atoms with E-state index < -0.39 is 12.6 Å². The number of halogens is 2. The van der Waals surface area contributed by atoms with Crippen LogP contribution in [0.25, 0.3) is 22.3 Å². The lowest BCUT2D eigenvalue weighted by Gasteiger charge is -2.21. The molecule has 0 spiro atoms. The highest BCUT2D eigenvalue weighted by atomic mass is 35.5. The summed E-state index contributed by atoms with van der Waals surface area (Å²) in [7, 11) is 3.05. The minimum absolute atomic E-state index is 0.200. The first-order chi connectivity index (χ1) is 16.5. The van der Waals surface area contributed by atoms with Gasteiger partial charge < -0.3 is 25.1 Å². The minimum atomic E-state index is -0.629. The predicted octanol–water partition coefficient (Wildman–Crippen LogP) is 4.84. The van der Waals surface area contributed by atoms with E-state index in [-0.39, 0.29) is 12.5 Å². The normalized spacial score (nSPS) is 15.1. The van der Waals surface area contributed by atoms with Crippen molar-refractivity contribution >= 4 is 39.9 Å². The Balaban J connectivity index is 1.78. The highest BCUT2D eigenvalue weighted by molar-refractivity contribution is 6.32. The first-order valence-corrected chi connectivity index (χ1v) is 10.9. The van der Waals surface area contributed by atoms with Crippen molar-refractivity contribution in [1.29, 1.82) is 0 Å². The number of anilines is 2. The third kappa shape index (κ3) is 3.58. The van der Waals surface area contributed by atoms with Crippen LogP contribution in [0, 0.1) is 0 Å². The number of nitrogens with one attached hydrogen (secondary N) is 3. The number of carbonyl (C=O) groups excluding carboxylic acids is 1. The lowest BCUT2D eigenvalue weighted by molar-refractivity contribution is 0.0938. The lowest BCUT2D eigenvalue weighted by Crippen LogP contribution is -2.35. The van der Waals surface area contributed by atoms with Crippen LogP contribution >= 0.6 is 11.6 Å². The third-order valence-corrected chi connectivity index (χ3v) is 6.12. The van der Waals surface area contributed by atoms with Crippen LogP contribution in [0.2, 0.25) is 5.02 Å². The van der Waals surface area contributed by atoms with Crippen molar-refractivity contribution < 1.29 is 18.7 Å². The summed E-state index contributed by atoms with van der Waals surface area (Å²) in [4.78, 5) is 25.3. The van der Waals surface area contributed by atoms with Crippen LogP contribution in [0.3, 0.4) is 0 Å². The Bertz CT molecular complexity index is 1410. The summed E-state index contributed by atoms with van der Waals surface area (Å²) in [5.74, 6) is 0.0135. The molecule has 1 aromatic carbocycles. The number of fused-ring (bicyclic) bond motifs is 2. The summed E-state index contributed by atoms with van der Waals surface area (Å²) in [6.07, 6.45) is 1.65. The molecule has 0 bridgehead atoms. The molecule has 5 rings (SSSR count). The molecule has 0 saturated carbocycles. The number of para-hydroxylation sites is 1. The fraction of sp³-hybridized carbons (Fsp3) is 0.208. The van der Waals surface area contributed by atoms with Gasteiger partial charge in [-0.15, -0.1) is 0 Å². The van der Waals surface area contributed by atoms with Gasteiger partial charge in [0.05, 0.1) is 54.1 Å². The SMILES string of the molecule is COc1ccc2nccc(-c3[nH]c4c(c3Nc3cccc(Cl)c3OC)C(=O)NC[C@H]4CF)c2n1. The van der Waals surface area contributed by atoms with Crippen LogP contribution < -0.4 is 20.1 Å². The maximum Gasteiger partial charge on any atom is 0.255 e. The Morgan fingerprint density at radius 2 is 2.06 bits per heavy atom. The van der Waals surface area contributed by atoms with Gasteiger partial charge in [0.15, 0.2) is 5.75 Å². The van der Waals surface area contributed by atoms with E-state index >= 15 is 0 Å². The second-order valence-electron chi connectivity index (χ2n) is 7.75. The summed E-state index contributed by atoms with van der Waals surface area (Å²) in [6, 6.07) is 10.6. The molecule has 0 aliphatic carbocycles. The summed E-state index contributed by atoms with van der Waals surface area (Å²) < 4.78 is 24.7. The number of alkyl halides is 1. The molecule has 0 unspecified atom stereocenters. The van der Waals surface area contributed by atoms with E-state index in [1.54, 1.807) is 42.6 Å². The van der Waals surface area contributed by atoms with Gasteiger partial charge in [0.2, 0.25) is 5.88 Å². The van der Waals surface area contributed by atoms with Crippen LogP contribution in [-0.2, 0) is 0 Å². The largest absolute Gasteiger partial charge is 0.493 e. The average molecular weight is 482 g/mol. The Kier molecular flexibility index (Phi) is 5.70. The van der Waals surface area contributed by atoms with Gasteiger partial charge in [-0.3, -0.25) is 14.2 Å². The first kappa shape index (κ1) is 22.0. The first-order valence-electron chi connectivity index (χ1n) is 10.5. The monoisotopic (exact) mass is 481 g/mol. The standard InChI is InChI=1S/C24H21ClFN5O3/c1-33-17-7-6-15-20(30-17)13(8-9-27-15)21-22(29-16-5-3-4-14(25)23(16)34-2)18-19(31-21)12(10-26)11-28-24(18)32/h3-9,12,29,31H,10-11H2,1-2H3,(H,28,32)/t12-/m1/s1. The van der Waals surface area contributed by atoms with Gasteiger partial charge in [-0.2, -0.15) is 0 Å². The van der Waals surface area contributed by atoms with Gasteiger partial charge >= 0.3 is 0 Å². The molecular weight excluding hydrogens is 461 g/mol. The zero-order valence-corrected chi connectivity index (χ0v) is 19.2. The number of methoxy groups -OCH3 is 2. The number of rotatable bonds is 6. The van der Waals surface area contributed by atoms with Crippen molar-refractivity contribution in [2.75, 3.05) is 32.8 Å². The number of carbonyl (C=O) groups is 1. The molecule has 34 heavy (non-hydrogen) atoms. The van der Waals surface area contributed by atoms with E-state index in [1.807, 2.05) is 0 Å². The molecular formula is C24H21ClFN5O3. The van der Waals surface area contributed by atoms with Crippen LogP contribution in [-0.4, -0.2) is 48.3 Å². The van der Waals surface area contributed by atoms with Gasteiger partial charge in [-0.25, -0.2) is 4.98 Å². The average Bonchev–Trinajstić information content (AvgIpc) is 3.23. The van der Waals surface area contributed by atoms with E-state index in [1.165, 1.54) is 14.2 Å². The molecule has 8 nitrogen and oxygen atoms in total. The molecule has 1 amide bonds. The Hall–Kier alpha value is -3.85. The van der Waals surface area contributed by atoms with Crippen molar-refractivity contribution in [3.05, 3.63) is 58.9 Å². The molecule has 1 aliphatic rings. The smallest absolute Gasteiger partial charge is 0.255 e. The van der Waals surface area contributed by atoms with Crippen molar-refractivity contribution in [2.45, 2.75) is 5.92 Å². The number of hydrogen-bond acceptors (Lipinski definition) is 6. The van der Waals surface area contributed by atoms with E-state index in [2.05, 4.69) is 25.6 Å². The van der Waals surface area contributed by atoms with E-state index in [4.69, 9.17) is 21.1 Å². The zero-order valence-electron chi connectivity index (χ0n) is 18.4. The topological polar surface area (TPSA) is 101 Å². The number of aromatic nitrogens is 3. The molecule has 3 N–H and O–H groups in total. The number of benzene rings is 1. The van der Waals surface area contributed by atoms with Gasteiger partial charge in [-0.1, -0.05) is 17.7 Å².